The molecule has 0 aromatic heterocycles. The molecule has 18 heavy (non-hydrogen) atoms. The SMILES string of the molecule is O=C(O)CCCCC(=O)C1CCCCC1C(=O)O. The van der Waals surface area contributed by atoms with Crippen LogP contribution in [0.25, 0.3) is 0 Å². The monoisotopic (exact) mass is 256 g/mol. The van der Waals surface area contributed by atoms with E-state index in [-0.39, 0.29) is 18.1 Å². The quantitative estimate of drug-likeness (QED) is 0.680. The Morgan fingerprint density at radius 1 is 0.889 bits per heavy atom. The van der Waals surface area contributed by atoms with Crippen molar-refractivity contribution in [3.8, 4) is 0 Å². The van der Waals surface area contributed by atoms with Crippen LogP contribution in [0.3, 0.4) is 0 Å². The van der Waals surface area contributed by atoms with Gasteiger partial charge in [0.1, 0.15) is 5.78 Å². The number of carboxylic acids is 2. The van der Waals surface area contributed by atoms with Crippen LogP contribution in [0, 0.1) is 11.8 Å². The zero-order valence-electron chi connectivity index (χ0n) is 10.4. The summed E-state index contributed by atoms with van der Waals surface area (Å²) in [6.45, 7) is 0. The van der Waals surface area contributed by atoms with Crippen LogP contribution in [0.4, 0.5) is 0 Å². The van der Waals surface area contributed by atoms with Crippen LogP contribution >= 0.6 is 0 Å². The number of hydrogen-bond acceptors (Lipinski definition) is 3. The summed E-state index contributed by atoms with van der Waals surface area (Å²) in [5.41, 5.74) is 0. The number of hydrogen-bond donors (Lipinski definition) is 2. The second-order valence-electron chi connectivity index (χ2n) is 4.90. The van der Waals surface area contributed by atoms with Gasteiger partial charge in [-0.25, -0.2) is 0 Å². The van der Waals surface area contributed by atoms with Crippen LogP contribution in [0.5, 0.6) is 0 Å². The molecule has 0 radical (unpaired) electrons. The third-order valence-electron chi connectivity index (χ3n) is 3.56. The average Bonchev–Trinajstić information content (AvgIpc) is 2.34. The van der Waals surface area contributed by atoms with Crippen molar-refractivity contribution < 1.29 is 24.6 Å². The zero-order chi connectivity index (χ0) is 13.5. The van der Waals surface area contributed by atoms with Gasteiger partial charge in [0.25, 0.3) is 0 Å². The molecule has 1 aliphatic carbocycles. The number of carboxylic acid groups (broad SMARTS) is 2. The van der Waals surface area contributed by atoms with E-state index in [0.29, 0.717) is 32.1 Å². The van der Waals surface area contributed by atoms with E-state index in [1.807, 2.05) is 0 Å². The smallest absolute Gasteiger partial charge is 0.307 e. The average molecular weight is 256 g/mol. The lowest BCUT2D eigenvalue weighted by Crippen LogP contribution is -2.32. The Bertz CT molecular complexity index is 323. The minimum Gasteiger partial charge on any atom is -0.481 e. The lowest BCUT2D eigenvalue weighted by molar-refractivity contribution is -0.148. The summed E-state index contributed by atoms with van der Waals surface area (Å²) in [6.07, 6.45) is 4.42. The Labute approximate surface area is 106 Å². The van der Waals surface area contributed by atoms with Crippen LogP contribution in [0.15, 0.2) is 0 Å². The number of Topliss-reactive ketones (excluding diaryl/α,β-unsaturated/α-hetero) is 1. The number of aliphatic carboxylic acids is 2. The van der Waals surface area contributed by atoms with Crippen molar-refractivity contribution in [2.24, 2.45) is 11.8 Å². The Kier molecular flexibility index (Phi) is 5.82. The Morgan fingerprint density at radius 2 is 1.44 bits per heavy atom. The first kappa shape index (κ1) is 14.7. The molecule has 2 N–H and O–H groups in total. The molecule has 0 aromatic rings. The van der Waals surface area contributed by atoms with E-state index in [1.54, 1.807) is 0 Å². The molecule has 1 rings (SSSR count). The van der Waals surface area contributed by atoms with Gasteiger partial charge in [0.15, 0.2) is 0 Å². The third kappa shape index (κ3) is 4.47. The largest absolute Gasteiger partial charge is 0.481 e. The fourth-order valence-corrected chi connectivity index (χ4v) is 2.57. The Balaban J connectivity index is 2.38. The summed E-state index contributed by atoms with van der Waals surface area (Å²) >= 11 is 0. The Hall–Kier alpha value is -1.39. The van der Waals surface area contributed by atoms with E-state index in [4.69, 9.17) is 10.2 Å². The van der Waals surface area contributed by atoms with Crippen molar-refractivity contribution >= 4 is 17.7 Å². The highest BCUT2D eigenvalue weighted by atomic mass is 16.4. The molecule has 1 aliphatic rings. The minimum absolute atomic E-state index is 0.00695. The predicted octanol–water partition coefficient (Wildman–Crippen LogP) is 2.09. The molecule has 1 fully saturated rings. The fourth-order valence-electron chi connectivity index (χ4n) is 2.57. The van der Waals surface area contributed by atoms with Gasteiger partial charge in [-0.2, -0.15) is 0 Å². The molecule has 0 saturated heterocycles. The van der Waals surface area contributed by atoms with E-state index in [0.717, 1.165) is 12.8 Å². The lowest BCUT2D eigenvalue weighted by atomic mass is 9.76. The first-order chi connectivity index (χ1) is 8.52. The molecule has 0 aliphatic heterocycles. The summed E-state index contributed by atoms with van der Waals surface area (Å²) in [6, 6.07) is 0. The van der Waals surface area contributed by atoms with Crippen molar-refractivity contribution in [2.75, 3.05) is 0 Å². The number of carbonyl (C=O) groups is 3. The summed E-state index contributed by atoms with van der Waals surface area (Å²) in [5, 5.41) is 17.6. The topological polar surface area (TPSA) is 91.7 Å². The van der Waals surface area contributed by atoms with E-state index < -0.39 is 17.9 Å². The van der Waals surface area contributed by atoms with Gasteiger partial charge in [-0.15, -0.1) is 0 Å². The highest BCUT2D eigenvalue weighted by Gasteiger charge is 2.34. The van der Waals surface area contributed by atoms with E-state index in [2.05, 4.69) is 0 Å². The molecule has 0 heterocycles. The van der Waals surface area contributed by atoms with Gasteiger partial charge in [0, 0.05) is 18.8 Å². The van der Waals surface area contributed by atoms with Crippen LogP contribution in [0.2, 0.25) is 0 Å². The third-order valence-corrected chi connectivity index (χ3v) is 3.56. The minimum atomic E-state index is -0.876. The molecule has 0 bridgehead atoms. The maximum Gasteiger partial charge on any atom is 0.307 e. The van der Waals surface area contributed by atoms with Gasteiger partial charge in [-0.1, -0.05) is 12.8 Å². The van der Waals surface area contributed by atoms with Crippen molar-refractivity contribution in [3.63, 3.8) is 0 Å². The highest BCUT2D eigenvalue weighted by Crippen LogP contribution is 2.32. The highest BCUT2D eigenvalue weighted by molar-refractivity contribution is 5.86. The second kappa shape index (κ2) is 7.13. The maximum absolute atomic E-state index is 11.9. The standard InChI is InChI=1S/C13H20O5/c14-11(7-3-4-8-12(15)16)9-5-1-2-6-10(9)13(17)18/h9-10H,1-8H2,(H,15,16)(H,17,18). The van der Waals surface area contributed by atoms with E-state index >= 15 is 0 Å². The van der Waals surface area contributed by atoms with Crippen molar-refractivity contribution in [1.82, 2.24) is 0 Å². The van der Waals surface area contributed by atoms with Gasteiger partial charge in [0.2, 0.25) is 0 Å². The zero-order valence-corrected chi connectivity index (χ0v) is 10.4. The van der Waals surface area contributed by atoms with Crippen LogP contribution in [-0.2, 0) is 14.4 Å². The van der Waals surface area contributed by atoms with Crippen molar-refractivity contribution in [2.45, 2.75) is 51.4 Å². The maximum atomic E-state index is 11.9. The molecular formula is C13H20O5. The van der Waals surface area contributed by atoms with E-state index in [1.165, 1.54) is 0 Å². The predicted molar refractivity (Wildman–Crippen MR) is 64.2 cm³/mol. The number of ketones is 1. The van der Waals surface area contributed by atoms with Crippen LogP contribution in [0.1, 0.15) is 51.4 Å². The molecule has 2 unspecified atom stereocenters. The van der Waals surface area contributed by atoms with Crippen LogP contribution < -0.4 is 0 Å². The summed E-state index contributed by atoms with van der Waals surface area (Å²) in [7, 11) is 0. The van der Waals surface area contributed by atoms with Crippen LogP contribution in [-0.4, -0.2) is 27.9 Å². The van der Waals surface area contributed by atoms with Gasteiger partial charge in [0.05, 0.1) is 5.92 Å². The first-order valence-corrected chi connectivity index (χ1v) is 6.49. The summed E-state index contributed by atoms with van der Waals surface area (Å²) < 4.78 is 0. The number of unbranched alkanes of at least 4 members (excludes halogenated alkanes) is 1. The van der Waals surface area contributed by atoms with Gasteiger partial charge in [-0.05, 0) is 25.7 Å². The molecule has 0 amide bonds. The molecule has 0 spiro atoms. The molecule has 5 heteroatoms. The summed E-state index contributed by atoms with van der Waals surface area (Å²) in [4.78, 5) is 33.3. The Morgan fingerprint density at radius 3 is 2.00 bits per heavy atom. The first-order valence-electron chi connectivity index (χ1n) is 6.49. The van der Waals surface area contributed by atoms with E-state index in [9.17, 15) is 14.4 Å². The lowest BCUT2D eigenvalue weighted by Gasteiger charge is -2.27. The fraction of sp³-hybridized carbons (Fsp3) is 0.769. The molecule has 2 atom stereocenters. The van der Waals surface area contributed by atoms with Gasteiger partial charge < -0.3 is 10.2 Å². The normalized spacial score (nSPS) is 23.6. The molecule has 102 valence electrons. The van der Waals surface area contributed by atoms with Gasteiger partial charge in [-0.3, -0.25) is 14.4 Å². The number of carbonyl (C=O) groups excluding carboxylic acids is 1. The van der Waals surface area contributed by atoms with Crippen molar-refractivity contribution in [1.29, 1.82) is 0 Å². The molecule has 0 aromatic carbocycles. The van der Waals surface area contributed by atoms with Crippen molar-refractivity contribution in [3.05, 3.63) is 0 Å². The molecule has 1 saturated carbocycles. The number of rotatable bonds is 7. The molecular weight excluding hydrogens is 236 g/mol. The summed E-state index contributed by atoms with van der Waals surface area (Å²) in [5.74, 6) is -2.64. The second-order valence-corrected chi connectivity index (χ2v) is 4.90. The molecule has 5 nitrogen and oxygen atoms in total. The van der Waals surface area contributed by atoms with Gasteiger partial charge >= 0.3 is 11.9 Å².